The van der Waals surface area contributed by atoms with Gasteiger partial charge in [0, 0.05) is 23.0 Å². The van der Waals surface area contributed by atoms with Crippen LogP contribution in [0.5, 0.6) is 0 Å². The maximum absolute atomic E-state index is 12.3. The fourth-order valence-corrected chi connectivity index (χ4v) is 2.63. The third-order valence-electron chi connectivity index (χ3n) is 3.77. The first-order chi connectivity index (χ1) is 10.1. The molecule has 1 aliphatic carbocycles. The Bertz CT molecular complexity index is 592. The van der Waals surface area contributed by atoms with Gasteiger partial charge in [-0.05, 0) is 60.5 Å². The van der Waals surface area contributed by atoms with Gasteiger partial charge in [-0.25, -0.2) is 4.79 Å². The minimum atomic E-state index is -0.810. The highest BCUT2D eigenvalue weighted by atomic mass is 16.5. The number of esters is 1. The lowest BCUT2D eigenvalue weighted by atomic mass is 10.1. The minimum absolute atomic E-state index is 0.281. The number of hydrogen-bond donors (Lipinski definition) is 1. The summed E-state index contributed by atoms with van der Waals surface area (Å²) in [6.07, 6.45) is 1.51. The molecule has 1 saturated carbocycles. The third kappa shape index (κ3) is 3.70. The highest BCUT2D eigenvalue weighted by Crippen LogP contribution is 2.38. The molecule has 5 nitrogen and oxygen atoms in total. The van der Waals surface area contributed by atoms with Gasteiger partial charge >= 0.3 is 5.97 Å². The maximum atomic E-state index is 12.3. The number of hydrogen-bond acceptors (Lipinski definition) is 3. The first-order valence-corrected chi connectivity index (χ1v) is 7.81. The van der Waals surface area contributed by atoms with Gasteiger partial charge in [0.2, 0.25) is 0 Å². The summed E-state index contributed by atoms with van der Waals surface area (Å²) in [5, 5.41) is 2.81. The predicted octanol–water partition coefficient (Wildman–Crippen LogP) is 2.90. The van der Waals surface area contributed by atoms with Crippen molar-refractivity contribution in [1.82, 2.24) is 9.88 Å². The molecule has 5 heteroatoms. The first-order valence-electron chi connectivity index (χ1n) is 7.81. The van der Waals surface area contributed by atoms with Crippen LogP contribution in [0.3, 0.4) is 0 Å². The molecule has 0 aliphatic heterocycles. The van der Waals surface area contributed by atoms with Crippen molar-refractivity contribution in [1.29, 1.82) is 0 Å². The van der Waals surface area contributed by atoms with Crippen molar-refractivity contribution < 1.29 is 14.3 Å². The number of amides is 1. The molecule has 1 aromatic heterocycles. The van der Waals surface area contributed by atoms with E-state index in [0.29, 0.717) is 11.6 Å². The lowest BCUT2D eigenvalue weighted by Gasteiger charge is -2.23. The Hall–Kier alpha value is -1.78. The van der Waals surface area contributed by atoms with Crippen LogP contribution in [-0.4, -0.2) is 28.1 Å². The van der Waals surface area contributed by atoms with Crippen molar-refractivity contribution in [2.75, 3.05) is 0 Å². The van der Waals surface area contributed by atoms with Crippen LogP contribution in [0.25, 0.3) is 0 Å². The molecular formula is C17H26N2O3. The highest BCUT2D eigenvalue weighted by Gasteiger charge is 2.30. The molecule has 1 atom stereocenters. The number of nitrogens with zero attached hydrogens (tertiary/aromatic N) is 1. The molecule has 1 aliphatic rings. The van der Waals surface area contributed by atoms with E-state index in [2.05, 4.69) is 9.88 Å². The molecule has 1 fully saturated rings. The van der Waals surface area contributed by atoms with Crippen LogP contribution in [0.1, 0.15) is 68.3 Å². The Labute approximate surface area is 132 Å². The molecule has 1 aromatic rings. The van der Waals surface area contributed by atoms with Crippen molar-refractivity contribution in [3.05, 3.63) is 23.0 Å². The van der Waals surface area contributed by atoms with Crippen molar-refractivity contribution in [3.8, 4) is 0 Å². The van der Waals surface area contributed by atoms with Gasteiger partial charge in [0.05, 0.1) is 5.56 Å². The molecule has 22 heavy (non-hydrogen) atoms. The van der Waals surface area contributed by atoms with E-state index in [9.17, 15) is 9.59 Å². The van der Waals surface area contributed by atoms with Gasteiger partial charge < -0.3 is 14.6 Å². The smallest absolute Gasteiger partial charge is 0.340 e. The quantitative estimate of drug-likeness (QED) is 0.870. The number of nitrogens with one attached hydrogen (secondary N) is 1. The normalized spacial score (nSPS) is 16.3. The molecule has 1 N–H and O–H groups in total. The van der Waals surface area contributed by atoms with Gasteiger partial charge in [-0.2, -0.15) is 0 Å². The molecule has 0 unspecified atom stereocenters. The molecule has 1 amide bonds. The van der Waals surface area contributed by atoms with Crippen LogP contribution >= 0.6 is 0 Å². The Morgan fingerprint density at radius 1 is 1.32 bits per heavy atom. The molecule has 2 rings (SSSR count). The van der Waals surface area contributed by atoms with E-state index in [-0.39, 0.29) is 11.4 Å². The Morgan fingerprint density at radius 3 is 2.41 bits per heavy atom. The molecular weight excluding hydrogens is 280 g/mol. The van der Waals surface area contributed by atoms with E-state index in [1.54, 1.807) is 6.92 Å². The van der Waals surface area contributed by atoms with Gasteiger partial charge in [0.25, 0.3) is 5.91 Å². The fourth-order valence-electron chi connectivity index (χ4n) is 2.63. The predicted molar refractivity (Wildman–Crippen MR) is 85.0 cm³/mol. The Kier molecular flexibility index (Phi) is 4.36. The Balaban J connectivity index is 2.06. The first kappa shape index (κ1) is 16.6. The minimum Gasteiger partial charge on any atom is -0.449 e. The largest absolute Gasteiger partial charge is 0.449 e. The van der Waals surface area contributed by atoms with Crippen molar-refractivity contribution in [3.63, 3.8) is 0 Å². The highest BCUT2D eigenvalue weighted by molar-refractivity contribution is 5.93. The van der Waals surface area contributed by atoms with Crippen LogP contribution in [0.15, 0.2) is 6.07 Å². The second-order valence-electron chi connectivity index (χ2n) is 7.17. The summed E-state index contributed by atoms with van der Waals surface area (Å²) in [7, 11) is 0. The van der Waals surface area contributed by atoms with Crippen molar-refractivity contribution in [2.24, 2.45) is 0 Å². The second kappa shape index (κ2) is 5.78. The zero-order valence-corrected chi connectivity index (χ0v) is 14.3. The van der Waals surface area contributed by atoms with E-state index >= 15 is 0 Å². The SMILES string of the molecule is Cc1cc(C(=O)O[C@H](C)C(=O)NC(C)(C)C)c(C)n1C1CC1. The van der Waals surface area contributed by atoms with Crippen LogP contribution < -0.4 is 5.32 Å². The van der Waals surface area contributed by atoms with E-state index in [4.69, 9.17) is 4.74 Å². The monoisotopic (exact) mass is 306 g/mol. The standard InChI is InChI=1S/C17H26N2O3/c1-10-9-14(11(2)19(10)13-7-8-13)16(21)22-12(3)15(20)18-17(4,5)6/h9,12-13H,7-8H2,1-6H3,(H,18,20)/t12-/m1/s1. The summed E-state index contributed by atoms with van der Waals surface area (Å²) in [4.78, 5) is 24.3. The molecule has 0 aromatic carbocycles. The summed E-state index contributed by atoms with van der Waals surface area (Å²) in [6, 6.07) is 2.37. The number of carbonyl (C=O) groups is 2. The lowest BCUT2D eigenvalue weighted by Crippen LogP contribution is -2.46. The zero-order valence-electron chi connectivity index (χ0n) is 14.3. The van der Waals surface area contributed by atoms with E-state index in [1.807, 2.05) is 40.7 Å². The van der Waals surface area contributed by atoms with Crippen molar-refractivity contribution in [2.45, 2.75) is 72.1 Å². The van der Waals surface area contributed by atoms with Crippen LogP contribution in [0.4, 0.5) is 0 Å². The number of aromatic nitrogens is 1. The Morgan fingerprint density at radius 2 is 1.91 bits per heavy atom. The molecule has 122 valence electrons. The zero-order chi connectivity index (χ0) is 16.7. The van der Waals surface area contributed by atoms with Gasteiger partial charge in [-0.3, -0.25) is 4.79 Å². The third-order valence-corrected chi connectivity index (χ3v) is 3.77. The number of ether oxygens (including phenoxy) is 1. The molecule has 0 bridgehead atoms. The van der Waals surface area contributed by atoms with Crippen LogP contribution in [0.2, 0.25) is 0 Å². The maximum Gasteiger partial charge on any atom is 0.340 e. The summed E-state index contributed by atoms with van der Waals surface area (Å²) in [6.45, 7) is 11.2. The summed E-state index contributed by atoms with van der Waals surface area (Å²) < 4.78 is 7.52. The summed E-state index contributed by atoms with van der Waals surface area (Å²) in [5.41, 5.74) is 2.20. The molecule has 1 heterocycles. The molecule has 0 radical (unpaired) electrons. The van der Waals surface area contributed by atoms with E-state index < -0.39 is 12.1 Å². The van der Waals surface area contributed by atoms with Crippen LogP contribution in [0, 0.1) is 13.8 Å². The fraction of sp³-hybridized carbons (Fsp3) is 0.647. The van der Waals surface area contributed by atoms with E-state index in [1.165, 1.54) is 0 Å². The number of aryl methyl sites for hydroxylation is 1. The average Bonchev–Trinajstić information content (AvgIpc) is 3.13. The second-order valence-corrected chi connectivity index (χ2v) is 7.17. The van der Waals surface area contributed by atoms with E-state index in [0.717, 1.165) is 24.2 Å². The summed E-state index contributed by atoms with van der Waals surface area (Å²) in [5.74, 6) is -0.714. The number of carbonyl (C=O) groups excluding carboxylic acids is 2. The summed E-state index contributed by atoms with van der Waals surface area (Å²) >= 11 is 0. The van der Waals surface area contributed by atoms with Gasteiger partial charge in [0.15, 0.2) is 6.10 Å². The van der Waals surface area contributed by atoms with Crippen LogP contribution in [-0.2, 0) is 9.53 Å². The van der Waals surface area contributed by atoms with Gasteiger partial charge in [-0.15, -0.1) is 0 Å². The molecule has 0 saturated heterocycles. The van der Waals surface area contributed by atoms with Gasteiger partial charge in [-0.1, -0.05) is 0 Å². The molecule has 0 spiro atoms. The average molecular weight is 306 g/mol. The van der Waals surface area contributed by atoms with Crippen molar-refractivity contribution >= 4 is 11.9 Å². The van der Waals surface area contributed by atoms with Gasteiger partial charge in [0.1, 0.15) is 0 Å². The number of rotatable bonds is 4. The lowest BCUT2D eigenvalue weighted by molar-refractivity contribution is -0.130. The topological polar surface area (TPSA) is 60.3 Å².